The Kier molecular flexibility index (Phi) is 3.09. The minimum atomic E-state index is -1.26. The topological polar surface area (TPSA) is 65.0 Å². The van der Waals surface area contributed by atoms with Gasteiger partial charge in [0, 0.05) is 4.47 Å². The minimum Gasteiger partial charge on any atom is -0.482 e. The van der Waals surface area contributed by atoms with Crippen LogP contribution >= 0.6 is 15.9 Å². The van der Waals surface area contributed by atoms with E-state index in [0.29, 0.717) is 28.4 Å². The Labute approximate surface area is 134 Å². The predicted molar refractivity (Wildman–Crippen MR) is 80.4 cm³/mol. The zero-order valence-corrected chi connectivity index (χ0v) is 12.9. The van der Waals surface area contributed by atoms with Crippen molar-refractivity contribution in [3.63, 3.8) is 0 Å². The fraction of sp³-hybridized carbons (Fsp3) is 0.188. The number of hydrogen-bond donors (Lipinski definition) is 1. The van der Waals surface area contributed by atoms with Gasteiger partial charge in [0.2, 0.25) is 6.79 Å². The van der Waals surface area contributed by atoms with E-state index >= 15 is 0 Å². The van der Waals surface area contributed by atoms with Crippen molar-refractivity contribution in [3.8, 4) is 17.2 Å². The smallest absolute Gasteiger partial charge is 0.231 e. The van der Waals surface area contributed by atoms with Gasteiger partial charge in [-0.1, -0.05) is 22.0 Å². The molecule has 0 bridgehead atoms. The number of hydrogen-bond acceptors (Lipinski definition) is 5. The number of aliphatic hydroxyl groups is 1. The van der Waals surface area contributed by atoms with Gasteiger partial charge in [-0.25, -0.2) is 0 Å². The van der Waals surface area contributed by atoms with Crippen LogP contribution < -0.4 is 14.2 Å². The van der Waals surface area contributed by atoms with Gasteiger partial charge in [0.1, 0.15) is 5.75 Å². The summed E-state index contributed by atoms with van der Waals surface area (Å²) in [5.74, 6) is 1.33. The molecule has 2 aliphatic rings. The van der Waals surface area contributed by atoms with E-state index in [9.17, 15) is 9.90 Å². The molecule has 0 saturated carbocycles. The van der Waals surface area contributed by atoms with Crippen molar-refractivity contribution in [3.05, 3.63) is 52.0 Å². The van der Waals surface area contributed by atoms with Crippen LogP contribution in [-0.2, 0) is 0 Å². The number of halogens is 1. The molecular weight excluding hydrogens is 352 g/mol. The summed E-state index contributed by atoms with van der Waals surface area (Å²) in [6.07, 6.45) is -2.03. The average Bonchev–Trinajstić information content (AvgIpc) is 2.99. The summed E-state index contributed by atoms with van der Waals surface area (Å²) in [4.78, 5) is 12.4. The lowest BCUT2D eigenvalue weighted by molar-refractivity contribution is 0.0216. The summed E-state index contributed by atoms with van der Waals surface area (Å²) in [7, 11) is 0. The van der Waals surface area contributed by atoms with Gasteiger partial charge in [0.05, 0.1) is 5.56 Å². The second-order valence-corrected chi connectivity index (χ2v) is 6.02. The van der Waals surface area contributed by atoms with E-state index in [-0.39, 0.29) is 12.6 Å². The number of carbonyl (C=O) groups excluding carboxylic acids is 1. The molecular formula is C16H11BrO5. The molecule has 112 valence electrons. The number of carbonyl (C=O) groups is 1. The first-order chi connectivity index (χ1) is 10.6. The molecule has 0 radical (unpaired) electrons. The summed E-state index contributed by atoms with van der Waals surface area (Å²) in [5, 5.41) is 10.3. The van der Waals surface area contributed by atoms with E-state index in [4.69, 9.17) is 14.2 Å². The van der Waals surface area contributed by atoms with Gasteiger partial charge in [-0.05, 0) is 35.9 Å². The predicted octanol–water partition coefficient (Wildman–Crippen LogP) is 2.86. The van der Waals surface area contributed by atoms with Gasteiger partial charge in [0.15, 0.2) is 29.5 Å². The van der Waals surface area contributed by atoms with Crippen molar-refractivity contribution < 1.29 is 24.1 Å². The lowest BCUT2D eigenvalue weighted by Crippen LogP contribution is -2.36. The number of ether oxygens (including phenoxy) is 3. The van der Waals surface area contributed by atoms with Crippen molar-refractivity contribution in [1.29, 1.82) is 0 Å². The van der Waals surface area contributed by atoms with E-state index in [0.717, 1.165) is 4.47 Å². The van der Waals surface area contributed by atoms with Gasteiger partial charge in [-0.3, -0.25) is 4.79 Å². The third kappa shape index (κ3) is 2.07. The lowest BCUT2D eigenvalue weighted by atomic mass is 9.93. The molecule has 0 aliphatic carbocycles. The molecule has 0 fully saturated rings. The number of Topliss-reactive ketones (excluding diaryl/α,β-unsaturated/α-hetero) is 1. The number of fused-ring (bicyclic) bond motifs is 2. The molecule has 2 heterocycles. The van der Waals surface area contributed by atoms with Gasteiger partial charge in [0.25, 0.3) is 0 Å². The Hall–Kier alpha value is -2.05. The molecule has 2 aromatic carbocycles. The van der Waals surface area contributed by atoms with Crippen LogP contribution in [0, 0.1) is 0 Å². The zero-order valence-electron chi connectivity index (χ0n) is 11.3. The first-order valence-corrected chi connectivity index (χ1v) is 7.51. The highest BCUT2D eigenvalue weighted by Gasteiger charge is 2.37. The first-order valence-electron chi connectivity index (χ1n) is 6.71. The number of ketones is 1. The Balaban J connectivity index is 1.74. The normalized spacial score (nSPS) is 22.2. The Morgan fingerprint density at radius 2 is 1.82 bits per heavy atom. The van der Waals surface area contributed by atoms with Gasteiger partial charge in [-0.15, -0.1) is 0 Å². The van der Waals surface area contributed by atoms with E-state index in [1.54, 1.807) is 36.4 Å². The Morgan fingerprint density at radius 1 is 1.05 bits per heavy atom. The molecule has 1 N–H and O–H groups in total. The van der Waals surface area contributed by atoms with Gasteiger partial charge < -0.3 is 19.3 Å². The molecule has 0 aromatic heterocycles. The molecule has 6 heteroatoms. The fourth-order valence-electron chi connectivity index (χ4n) is 2.64. The minimum absolute atomic E-state index is 0.169. The average molecular weight is 363 g/mol. The molecule has 0 saturated heterocycles. The highest BCUT2D eigenvalue weighted by atomic mass is 79.9. The van der Waals surface area contributed by atoms with Crippen LogP contribution in [0.3, 0.4) is 0 Å². The largest absolute Gasteiger partial charge is 0.482 e. The second kappa shape index (κ2) is 5.00. The molecule has 0 spiro atoms. The number of rotatable bonds is 1. The summed E-state index contributed by atoms with van der Waals surface area (Å²) in [5.41, 5.74) is 1.04. The van der Waals surface area contributed by atoms with Crippen LogP contribution in [0.1, 0.15) is 22.0 Å². The SMILES string of the molecule is O=C1c2cc(Br)ccc2O[C@@H](c2ccc3c(c2)OCO3)[C@@H]1O. The standard InChI is InChI=1S/C16H11BrO5/c17-9-2-4-11-10(6-9)14(18)15(19)16(22-11)8-1-3-12-13(5-8)21-7-20-12/h1-6,15-16,19H,7H2/t15-,16+/m1/s1. The van der Waals surface area contributed by atoms with Crippen molar-refractivity contribution in [2.24, 2.45) is 0 Å². The van der Waals surface area contributed by atoms with Crippen molar-refractivity contribution in [2.45, 2.75) is 12.2 Å². The van der Waals surface area contributed by atoms with Crippen molar-refractivity contribution in [1.82, 2.24) is 0 Å². The van der Waals surface area contributed by atoms with E-state index in [1.807, 2.05) is 0 Å². The molecule has 2 aromatic rings. The zero-order chi connectivity index (χ0) is 15.3. The number of aliphatic hydroxyl groups excluding tert-OH is 1. The van der Waals surface area contributed by atoms with E-state index in [1.165, 1.54) is 0 Å². The molecule has 2 atom stereocenters. The van der Waals surface area contributed by atoms with Crippen LogP contribution in [0.4, 0.5) is 0 Å². The first kappa shape index (κ1) is 13.6. The van der Waals surface area contributed by atoms with Crippen LogP contribution in [0.25, 0.3) is 0 Å². The Morgan fingerprint density at radius 3 is 2.68 bits per heavy atom. The van der Waals surface area contributed by atoms with Crippen molar-refractivity contribution in [2.75, 3.05) is 6.79 Å². The summed E-state index contributed by atoms with van der Waals surface area (Å²) in [6.45, 7) is 0.169. The second-order valence-electron chi connectivity index (χ2n) is 5.10. The molecule has 22 heavy (non-hydrogen) atoms. The molecule has 2 aliphatic heterocycles. The maximum atomic E-state index is 12.4. The maximum Gasteiger partial charge on any atom is 0.231 e. The van der Waals surface area contributed by atoms with Gasteiger partial charge in [-0.2, -0.15) is 0 Å². The quantitative estimate of drug-likeness (QED) is 0.844. The molecule has 0 amide bonds. The highest BCUT2D eigenvalue weighted by Crippen LogP contribution is 2.40. The lowest BCUT2D eigenvalue weighted by Gasteiger charge is -2.29. The molecule has 4 rings (SSSR count). The van der Waals surface area contributed by atoms with Crippen LogP contribution in [0.5, 0.6) is 17.2 Å². The van der Waals surface area contributed by atoms with Gasteiger partial charge >= 0.3 is 0 Å². The highest BCUT2D eigenvalue weighted by molar-refractivity contribution is 9.10. The summed E-state index contributed by atoms with van der Waals surface area (Å²) < 4.78 is 17.2. The van der Waals surface area contributed by atoms with E-state index < -0.39 is 12.2 Å². The third-order valence-corrected chi connectivity index (χ3v) is 4.23. The summed E-state index contributed by atoms with van der Waals surface area (Å²) in [6, 6.07) is 10.4. The van der Waals surface area contributed by atoms with Crippen molar-refractivity contribution >= 4 is 21.7 Å². The maximum absolute atomic E-state index is 12.4. The fourth-order valence-corrected chi connectivity index (χ4v) is 3.00. The van der Waals surface area contributed by atoms with Crippen LogP contribution in [0.15, 0.2) is 40.9 Å². The number of benzene rings is 2. The Bertz CT molecular complexity index is 773. The molecule has 0 unspecified atom stereocenters. The monoisotopic (exact) mass is 362 g/mol. The third-order valence-electron chi connectivity index (χ3n) is 3.74. The molecule has 5 nitrogen and oxygen atoms in total. The van der Waals surface area contributed by atoms with E-state index in [2.05, 4.69) is 15.9 Å². The van der Waals surface area contributed by atoms with Crippen LogP contribution in [0.2, 0.25) is 0 Å². The van der Waals surface area contributed by atoms with Crippen LogP contribution in [-0.4, -0.2) is 23.8 Å². The summed E-state index contributed by atoms with van der Waals surface area (Å²) >= 11 is 3.31.